The van der Waals surface area contributed by atoms with Crippen LogP contribution < -0.4 is 5.73 Å². The average Bonchev–Trinajstić information content (AvgIpc) is 2.34. The van der Waals surface area contributed by atoms with Gasteiger partial charge in [-0.2, -0.15) is 0 Å². The molecule has 0 atom stereocenters. The van der Waals surface area contributed by atoms with Crippen molar-refractivity contribution in [3.05, 3.63) is 52.0 Å². The van der Waals surface area contributed by atoms with Crippen LogP contribution in [0.2, 0.25) is 10.0 Å². The second-order valence-corrected chi connectivity index (χ2v) is 4.76. The monoisotopic (exact) mass is 281 g/mol. The van der Waals surface area contributed by atoms with Crippen molar-refractivity contribution in [1.29, 1.82) is 0 Å². The predicted octanol–water partition coefficient (Wildman–Crippen LogP) is 3.87. The average molecular weight is 282 g/mol. The van der Waals surface area contributed by atoms with Gasteiger partial charge >= 0.3 is 0 Å². The molecule has 18 heavy (non-hydrogen) atoms. The Morgan fingerprint density at radius 3 is 2.56 bits per heavy atom. The Balaban J connectivity index is 2.55. The summed E-state index contributed by atoms with van der Waals surface area (Å²) < 4.78 is 0. The fourth-order valence-electron chi connectivity index (χ4n) is 1.87. The van der Waals surface area contributed by atoms with Gasteiger partial charge in [0.15, 0.2) is 0 Å². The van der Waals surface area contributed by atoms with Crippen LogP contribution in [0.25, 0.3) is 11.1 Å². The highest BCUT2D eigenvalue weighted by Gasteiger charge is 2.11. The maximum absolute atomic E-state index is 9.50. The van der Waals surface area contributed by atoms with E-state index in [1.54, 1.807) is 24.3 Å². The van der Waals surface area contributed by atoms with Crippen LogP contribution in [-0.4, -0.2) is 11.7 Å². The molecular formula is C14H13Cl2NO. The molecule has 3 N–H and O–H groups in total. The standard InChI is InChI=1S/C14H13Cl2NO/c15-13-5-4-11(14(16)12(13)6-7-17)9-2-1-3-10(18)8-9/h1-5,8,18H,6-7,17H2. The molecule has 0 amide bonds. The molecule has 2 aromatic carbocycles. The van der Waals surface area contributed by atoms with Crippen LogP contribution in [-0.2, 0) is 6.42 Å². The molecule has 2 rings (SSSR count). The lowest BCUT2D eigenvalue weighted by molar-refractivity contribution is 0.475. The largest absolute Gasteiger partial charge is 0.508 e. The fraction of sp³-hybridized carbons (Fsp3) is 0.143. The third-order valence-electron chi connectivity index (χ3n) is 2.74. The van der Waals surface area contributed by atoms with Crippen molar-refractivity contribution in [2.75, 3.05) is 6.54 Å². The molecule has 0 radical (unpaired) electrons. The van der Waals surface area contributed by atoms with Gasteiger partial charge < -0.3 is 10.8 Å². The van der Waals surface area contributed by atoms with Crippen molar-refractivity contribution in [2.45, 2.75) is 6.42 Å². The third kappa shape index (κ3) is 2.61. The molecule has 4 heteroatoms. The molecule has 0 heterocycles. The Morgan fingerprint density at radius 2 is 1.89 bits per heavy atom. The molecule has 0 aliphatic heterocycles. The number of benzene rings is 2. The second-order valence-electron chi connectivity index (χ2n) is 3.98. The van der Waals surface area contributed by atoms with Gasteiger partial charge in [0, 0.05) is 10.6 Å². The SMILES string of the molecule is NCCc1c(Cl)ccc(-c2cccc(O)c2)c1Cl. The van der Waals surface area contributed by atoms with E-state index in [1.165, 1.54) is 0 Å². The highest BCUT2D eigenvalue weighted by molar-refractivity contribution is 6.37. The first-order valence-corrected chi connectivity index (χ1v) is 6.35. The van der Waals surface area contributed by atoms with Gasteiger partial charge in [-0.25, -0.2) is 0 Å². The van der Waals surface area contributed by atoms with Crippen LogP contribution >= 0.6 is 23.2 Å². The van der Waals surface area contributed by atoms with E-state index < -0.39 is 0 Å². The Bertz CT molecular complexity index is 570. The lowest BCUT2D eigenvalue weighted by atomic mass is 10.0. The molecule has 0 aliphatic carbocycles. The summed E-state index contributed by atoms with van der Waals surface area (Å²) in [4.78, 5) is 0. The zero-order valence-corrected chi connectivity index (χ0v) is 11.2. The van der Waals surface area contributed by atoms with Gasteiger partial charge in [-0.1, -0.05) is 41.4 Å². The summed E-state index contributed by atoms with van der Waals surface area (Å²) in [6, 6.07) is 10.6. The molecule has 0 aliphatic rings. The molecule has 94 valence electrons. The maximum Gasteiger partial charge on any atom is 0.116 e. The first-order chi connectivity index (χ1) is 8.63. The minimum atomic E-state index is 0.207. The van der Waals surface area contributed by atoms with Crippen LogP contribution in [0.5, 0.6) is 5.75 Å². The number of nitrogens with two attached hydrogens (primary N) is 1. The fourth-order valence-corrected chi connectivity index (χ4v) is 2.54. The summed E-state index contributed by atoms with van der Waals surface area (Å²) >= 11 is 12.5. The second kappa shape index (κ2) is 5.61. The van der Waals surface area contributed by atoms with E-state index in [2.05, 4.69) is 0 Å². The van der Waals surface area contributed by atoms with Crippen molar-refractivity contribution in [2.24, 2.45) is 5.73 Å². The number of rotatable bonds is 3. The zero-order chi connectivity index (χ0) is 13.1. The summed E-state index contributed by atoms with van der Waals surface area (Å²) in [6.45, 7) is 0.489. The van der Waals surface area contributed by atoms with E-state index in [-0.39, 0.29) is 5.75 Å². The van der Waals surface area contributed by atoms with E-state index in [0.29, 0.717) is 23.0 Å². The van der Waals surface area contributed by atoms with E-state index in [4.69, 9.17) is 28.9 Å². The first kappa shape index (κ1) is 13.2. The van der Waals surface area contributed by atoms with E-state index in [9.17, 15) is 5.11 Å². The molecule has 0 unspecified atom stereocenters. The molecule has 0 aromatic heterocycles. The molecule has 2 aromatic rings. The summed E-state index contributed by atoms with van der Waals surface area (Å²) in [5.41, 5.74) is 8.11. The number of halogens is 2. The van der Waals surface area contributed by atoms with Gasteiger partial charge in [-0.15, -0.1) is 0 Å². The lowest BCUT2D eigenvalue weighted by Crippen LogP contribution is -2.04. The summed E-state index contributed by atoms with van der Waals surface area (Å²) in [7, 11) is 0. The molecule has 2 nitrogen and oxygen atoms in total. The topological polar surface area (TPSA) is 46.2 Å². The van der Waals surface area contributed by atoms with Gasteiger partial charge in [0.2, 0.25) is 0 Å². The summed E-state index contributed by atoms with van der Waals surface area (Å²) in [5.74, 6) is 0.207. The summed E-state index contributed by atoms with van der Waals surface area (Å²) in [5, 5.41) is 10.7. The van der Waals surface area contributed by atoms with E-state index in [1.807, 2.05) is 12.1 Å². The van der Waals surface area contributed by atoms with Gasteiger partial charge in [0.25, 0.3) is 0 Å². The van der Waals surface area contributed by atoms with Crippen molar-refractivity contribution in [3.63, 3.8) is 0 Å². The third-order valence-corrected chi connectivity index (χ3v) is 3.52. The Hall–Kier alpha value is -1.22. The van der Waals surface area contributed by atoms with E-state index in [0.717, 1.165) is 16.7 Å². The predicted molar refractivity (Wildman–Crippen MR) is 76.3 cm³/mol. The van der Waals surface area contributed by atoms with Crippen LogP contribution in [0.15, 0.2) is 36.4 Å². The van der Waals surface area contributed by atoms with Gasteiger partial charge in [0.1, 0.15) is 5.75 Å². The Labute approximate surface area is 116 Å². The number of hydrogen-bond donors (Lipinski definition) is 2. The first-order valence-electron chi connectivity index (χ1n) is 5.60. The molecule has 0 saturated heterocycles. The van der Waals surface area contributed by atoms with Crippen molar-refractivity contribution < 1.29 is 5.11 Å². The Morgan fingerprint density at radius 1 is 1.11 bits per heavy atom. The minimum absolute atomic E-state index is 0.207. The molecular weight excluding hydrogens is 269 g/mol. The van der Waals surface area contributed by atoms with Crippen LogP contribution in [0.1, 0.15) is 5.56 Å². The van der Waals surface area contributed by atoms with Crippen molar-refractivity contribution in [1.82, 2.24) is 0 Å². The smallest absolute Gasteiger partial charge is 0.116 e. The van der Waals surface area contributed by atoms with Crippen LogP contribution in [0, 0.1) is 0 Å². The number of aromatic hydroxyl groups is 1. The zero-order valence-electron chi connectivity index (χ0n) is 9.66. The number of phenols is 1. The number of phenolic OH excluding ortho intramolecular Hbond substituents is 1. The summed E-state index contributed by atoms with van der Waals surface area (Å²) in [6.07, 6.45) is 0.629. The highest BCUT2D eigenvalue weighted by Crippen LogP contribution is 2.35. The Kier molecular flexibility index (Phi) is 4.12. The number of hydrogen-bond acceptors (Lipinski definition) is 2. The van der Waals surface area contributed by atoms with Crippen molar-refractivity contribution >= 4 is 23.2 Å². The molecule has 0 spiro atoms. The maximum atomic E-state index is 9.50. The van der Waals surface area contributed by atoms with E-state index >= 15 is 0 Å². The molecule has 0 saturated carbocycles. The van der Waals surface area contributed by atoms with Gasteiger partial charge in [0.05, 0.1) is 5.02 Å². The molecule has 0 fully saturated rings. The highest BCUT2D eigenvalue weighted by atomic mass is 35.5. The van der Waals surface area contributed by atoms with Crippen molar-refractivity contribution in [3.8, 4) is 16.9 Å². The minimum Gasteiger partial charge on any atom is -0.508 e. The van der Waals surface area contributed by atoms with Crippen LogP contribution in [0.3, 0.4) is 0 Å². The van der Waals surface area contributed by atoms with Crippen LogP contribution in [0.4, 0.5) is 0 Å². The quantitative estimate of drug-likeness (QED) is 0.897. The van der Waals surface area contributed by atoms with Gasteiger partial charge in [-0.05, 0) is 42.3 Å². The normalized spacial score (nSPS) is 10.6. The lowest BCUT2D eigenvalue weighted by Gasteiger charge is -2.11. The molecule has 0 bridgehead atoms. The van der Waals surface area contributed by atoms with Gasteiger partial charge in [-0.3, -0.25) is 0 Å².